The second-order valence-electron chi connectivity index (χ2n) is 7.45. The zero-order valence-corrected chi connectivity index (χ0v) is 15.1. The maximum Gasteiger partial charge on any atom is 0.178 e. The lowest BCUT2D eigenvalue weighted by Crippen LogP contribution is -2.31. The molecule has 0 unspecified atom stereocenters. The largest absolute Gasteiger partial charge is 0.357 e. The predicted octanol–water partition coefficient (Wildman–Crippen LogP) is 4.08. The van der Waals surface area contributed by atoms with Gasteiger partial charge in [-0.15, -0.1) is 5.10 Å². The van der Waals surface area contributed by atoms with Gasteiger partial charge in [0.1, 0.15) is 11.9 Å². The number of fused-ring (bicyclic) bond motifs is 1. The second-order valence-corrected chi connectivity index (χ2v) is 7.45. The third kappa shape index (κ3) is 2.89. The minimum absolute atomic E-state index is 0.121. The van der Waals surface area contributed by atoms with E-state index in [2.05, 4.69) is 44.7 Å². The fourth-order valence-electron chi connectivity index (χ4n) is 4.53. The molecule has 0 bridgehead atoms. The number of halogens is 1. The van der Waals surface area contributed by atoms with Gasteiger partial charge in [-0.05, 0) is 59.0 Å². The second kappa shape index (κ2) is 6.76. The normalized spacial score (nSPS) is 18.0. The molecule has 5 nitrogen and oxygen atoms in total. The average Bonchev–Trinajstić information content (AvgIpc) is 3.45. The Labute approximate surface area is 157 Å². The van der Waals surface area contributed by atoms with Crippen molar-refractivity contribution in [3.8, 4) is 0 Å². The fourth-order valence-corrected chi connectivity index (χ4v) is 4.53. The molecule has 2 aromatic carbocycles. The van der Waals surface area contributed by atoms with Crippen molar-refractivity contribution in [1.29, 1.82) is 0 Å². The van der Waals surface area contributed by atoms with E-state index in [4.69, 9.17) is 0 Å². The summed E-state index contributed by atoms with van der Waals surface area (Å²) in [5.74, 6) is 0.625. The molecule has 27 heavy (non-hydrogen) atoms. The van der Waals surface area contributed by atoms with E-state index in [0.29, 0.717) is 6.04 Å². The summed E-state index contributed by atoms with van der Waals surface area (Å²) in [6, 6.07) is 15.5. The van der Waals surface area contributed by atoms with Gasteiger partial charge >= 0.3 is 0 Å². The average molecular weight is 363 g/mol. The van der Waals surface area contributed by atoms with Crippen LogP contribution in [0.2, 0.25) is 0 Å². The van der Waals surface area contributed by atoms with E-state index in [-0.39, 0.29) is 11.9 Å². The van der Waals surface area contributed by atoms with Gasteiger partial charge in [0.25, 0.3) is 0 Å². The van der Waals surface area contributed by atoms with E-state index < -0.39 is 0 Å². The number of benzene rings is 2. The van der Waals surface area contributed by atoms with Crippen LogP contribution in [0.25, 0.3) is 0 Å². The summed E-state index contributed by atoms with van der Waals surface area (Å²) >= 11 is 0. The monoisotopic (exact) mass is 363 g/mol. The van der Waals surface area contributed by atoms with Crippen LogP contribution in [0.3, 0.4) is 0 Å². The molecule has 0 amide bonds. The SMILES string of the molecule is Fc1ccc([C@@H](c2nnnn2C2CCCC2)N2CCc3ccccc32)cc1. The number of rotatable bonds is 4. The first-order valence-corrected chi connectivity index (χ1v) is 9.69. The minimum atomic E-state index is -0.227. The van der Waals surface area contributed by atoms with E-state index >= 15 is 0 Å². The number of anilines is 1. The standard InChI is InChI=1S/C21H22FN5/c22-17-11-9-16(10-12-17)20(26-14-13-15-5-1-4-8-19(15)26)21-23-24-25-27(21)18-6-2-3-7-18/h1,4-5,8-12,18,20H,2-3,6-7,13-14H2/t20-/m0/s1. The third-order valence-corrected chi connectivity index (χ3v) is 5.85. The molecular weight excluding hydrogens is 341 g/mol. The molecule has 0 saturated heterocycles. The molecule has 5 rings (SSSR count). The molecule has 0 spiro atoms. The highest BCUT2D eigenvalue weighted by Crippen LogP contribution is 2.39. The smallest absolute Gasteiger partial charge is 0.178 e. The van der Waals surface area contributed by atoms with Gasteiger partial charge in [-0.3, -0.25) is 0 Å². The van der Waals surface area contributed by atoms with Crippen LogP contribution in [0, 0.1) is 5.82 Å². The first kappa shape index (κ1) is 16.4. The molecule has 1 aliphatic heterocycles. The number of hydrogen-bond acceptors (Lipinski definition) is 4. The Balaban J connectivity index is 1.62. The van der Waals surface area contributed by atoms with E-state index in [1.807, 2.05) is 16.8 Å². The number of aromatic nitrogens is 4. The van der Waals surface area contributed by atoms with Gasteiger partial charge in [0.2, 0.25) is 0 Å². The maximum atomic E-state index is 13.6. The van der Waals surface area contributed by atoms with E-state index in [9.17, 15) is 4.39 Å². The summed E-state index contributed by atoms with van der Waals surface area (Å²) in [4.78, 5) is 2.36. The highest BCUT2D eigenvalue weighted by atomic mass is 19.1. The van der Waals surface area contributed by atoms with Gasteiger partial charge in [0, 0.05) is 12.2 Å². The molecule has 0 N–H and O–H groups in total. The quantitative estimate of drug-likeness (QED) is 0.701. The minimum Gasteiger partial charge on any atom is -0.357 e. The van der Waals surface area contributed by atoms with Crippen LogP contribution >= 0.6 is 0 Å². The van der Waals surface area contributed by atoms with Crippen molar-refractivity contribution in [1.82, 2.24) is 20.2 Å². The summed E-state index contributed by atoms with van der Waals surface area (Å²) in [6.07, 6.45) is 5.67. The molecule has 1 saturated carbocycles. The Morgan fingerprint density at radius 3 is 2.59 bits per heavy atom. The van der Waals surface area contributed by atoms with Crippen LogP contribution < -0.4 is 4.90 Å². The van der Waals surface area contributed by atoms with Crippen molar-refractivity contribution >= 4 is 5.69 Å². The first-order chi connectivity index (χ1) is 13.3. The lowest BCUT2D eigenvalue weighted by molar-refractivity contribution is 0.428. The van der Waals surface area contributed by atoms with Crippen molar-refractivity contribution in [3.63, 3.8) is 0 Å². The van der Waals surface area contributed by atoms with Gasteiger partial charge in [-0.25, -0.2) is 9.07 Å². The van der Waals surface area contributed by atoms with Crippen molar-refractivity contribution in [2.45, 2.75) is 44.2 Å². The Bertz CT molecular complexity index is 930. The molecule has 1 aromatic heterocycles. The Hall–Kier alpha value is -2.76. The Morgan fingerprint density at radius 2 is 1.78 bits per heavy atom. The molecule has 2 heterocycles. The summed E-state index contributed by atoms with van der Waals surface area (Å²) in [6.45, 7) is 0.902. The molecule has 6 heteroatoms. The summed E-state index contributed by atoms with van der Waals surface area (Å²) in [5.41, 5.74) is 3.57. The molecule has 1 fully saturated rings. The molecule has 3 aromatic rings. The fraction of sp³-hybridized carbons (Fsp3) is 0.381. The van der Waals surface area contributed by atoms with Crippen molar-refractivity contribution in [3.05, 3.63) is 71.3 Å². The summed E-state index contributed by atoms with van der Waals surface area (Å²) < 4.78 is 15.6. The molecule has 2 aliphatic rings. The van der Waals surface area contributed by atoms with Gasteiger partial charge in [0.05, 0.1) is 6.04 Å². The Kier molecular flexibility index (Phi) is 4.11. The highest BCUT2D eigenvalue weighted by Gasteiger charge is 2.34. The zero-order chi connectivity index (χ0) is 18.2. The summed E-state index contributed by atoms with van der Waals surface area (Å²) in [5, 5.41) is 12.8. The lowest BCUT2D eigenvalue weighted by Gasteiger charge is -2.30. The van der Waals surface area contributed by atoms with E-state index in [1.165, 1.54) is 36.2 Å². The predicted molar refractivity (Wildman–Crippen MR) is 101 cm³/mol. The number of tetrazole rings is 1. The molecular formula is C21H22FN5. The molecule has 1 atom stereocenters. The zero-order valence-electron chi connectivity index (χ0n) is 15.1. The topological polar surface area (TPSA) is 46.8 Å². The van der Waals surface area contributed by atoms with Gasteiger partial charge in [-0.2, -0.15) is 0 Å². The van der Waals surface area contributed by atoms with Gasteiger partial charge < -0.3 is 4.90 Å². The molecule has 138 valence electrons. The van der Waals surface area contributed by atoms with Crippen molar-refractivity contribution in [2.24, 2.45) is 0 Å². The Morgan fingerprint density at radius 1 is 1.00 bits per heavy atom. The van der Waals surface area contributed by atoms with E-state index in [1.54, 1.807) is 0 Å². The molecule has 1 aliphatic carbocycles. The van der Waals surface area contributed by atoms with Crippen LogP contribution in [-0.4, -0.2) is 26.8 Å². The third-order valence-electron chi connectivity index (χ3n) is 5.85. The van der Waals surface area contributed by atoms with E-state index in [0.717, 1.165) is 37.2 Å². The number of para-hydroxylation sites is 1. The van der Waals surface area contributed by atoms with Crippen molar-refractivity contribution < 1.29 is 4.39 Å². The van der Waals surface area contributed by atoms with Crippen LogP contribution in [0.15, 0.2) is 48.5 Å². The summed E-state index contributed by atoms with van der Waals surface area (Å²) in [7, 11) is 0. The first-order valence-electron chi connectivity index (χ1n) is 9.69. The lowest BCUT2D eigenvalue weighted by atomic mass is 10.0. The number of nitrogens with zero attached hydrogens (tertiary/aromatic N) is 5. The van der Waals surface area contributed by atoms with Crippen LogP contribution in [-0.2, 0) is 6.42 Å². The number of hydrogen-bond donors (Lipinski definition) is 0. The maximum absolute atomic E-state index is 13.6. The van der Waals surface area contributed by atoms with Crippen LogP contribution in [0.4, 0.5) is 10.1 Å². The van der Waals surface area contributed by atoms with Crippen molar-refractivity contribution in [2.75, 3.05) is 11.4 Å². The van der Waals surface area contributed by atoms with Gasteiger partial charge in [0.15, 0.2) is 5.82 Å². The molecule has 0 radical (unpaired) electrons. The highest BCUT2D eigenvalue weighted by molar-refractivity contribution is 5.60. The van der Waals surface area contributed by atoms with Crippen LogP contribution in [0.5, 0.6) is 0 Å². The van der Waals surface area contributed by atoms with Gasteiger partial charge in [-0.1, -0.05) is 43.2 Å². The van der Waals surface area contributed by atoms with Crippen LogP contribution in [0.1, 0.15) is 54.7 Å².